The first-order valence-corrected chi connectivity index (χ1v) is 5.45. The number of alkyl halides is 1. The number of benzene rings is 1. The summed E-state index contributed by atoms with van der Waals surface area (Å²) < 4.78 is 5.35. The molecule has 1 aromatic carbocycles. The quantitative estimate of drug-likeness (QED) is 0.549. The summed E-state index contributed by atoms with van der Waals surface area (Å²) in [5, 5.41) is 0. The highest BCUT2D eigenvalue weighted by atomic mass is 35.5. The smallest absolute Gasteiger partial charge is 0.120 e. The van der Waals surface area contributed by atoms with Gasteiger partial charge in [0.15, 0.2) is 0 Å². The minimum Gasteiger partial charge on any atom is -0.492 e. The first-order valence-electron chi connectivity index (χ1n) is 3.69. The van der Waals surface area contributed by atoms with Crippen molar-refractivity contribution in [2.24, 2.45) is 0 Å². The van der Waals surface area contributed by atoms with Crippen molar-refractivity contribution in [1.29, 1.82) is 0 Å². The highest BCUT2D eigenvalue weighted by Gasteiger charge is 1.94. The van der Waals surface area contributed by atoms with Gasteiger partial charge < -0.3 is 4.74 Å². The van der Waals surface area contributed by atoms with E-state index in [1.807, 2.05) is 24.5 Å². The highest BCUT2D eigenvalue weighted by Crippen LogP contribution is 2.20. The van der Waals surface area contributed by atoms with Gasteiger partial charge in [-0.2, -0.15) is 0 Å². The second kappa shape index (κ2) is 5.33. The van der Waals surface area contributed by atoms with E-state index in [4.69, 9.17) is 16.3 Å². The molecule has 0 amide bonds. The van der Waals surface area contributed by atoms with Crippen molar-refractivity contribution < 1.29 is 4.74 Å². The summed E-state index contributed by atoms with van der Waals surface area (Å²) in [6, 6.07) is 7.98. The minimum absolute atomic E-state index is 0.531. The second-order valence-corrected chi connectivity index (χ2v) is 3.47. The molecular weight excluding hydrogens is 192 g/mol. The lowest BCUT2D eigenvalue weighted by atomic mass is 10.3. The maximum absolute atomic E-state index is 5.49. The minimum atomic E-state index is 0.531. The summed E-state index contributed by atoms with van der Waals surface area (Å²) in [4.78, 5) is 1.21. The van der Waals surface area contributed by atoms with Crippen LogP contribution in [-0.4, -0.2) is 18.7 Å². The van der Waals surface area contributed by atoms with Gasteiger partial charge in [0.25, 0.3) is 0 Å². The molecule has 0 bridgehead atoms. The lowest BCUT2D eigenvalue weighted by Crippen LogP contribution is -1.97. The lowest BCUT2D eigenvalue weighted by molar-refractivity contribution is 0.342. The summed E-state index contributed by atoms with van der Waals surface area (Å²) in [5.41, 5.74) is 0. The normalized spacial score (nSPS) is 9.83. The highest BCUT2D eigenvalue weighted by molar-refractivity contribution is 7.98. The zero-order chi connectivity index (χ0) is 8.81. The average Bonchev–Trinajstić information content (AvgIpc) is 2.15. The van der Waals surface area contributed by atoms with E-state index in [2.05, 4.69) is 6.07 Å². The van der Waals surface area contributed by atoms with Gasteiger partial charge in [-0.3, -0.25) is 0 Å². The summed E-state index contributed by atoms with van der Waals surface area (Å²) in [6.45, 7) is 0.569. The maximum Gasteiger partial charge on any atom is 0.120 e. The third-order valence-electron chi connectivity index (χ3n) is 1.39. The molecule has 1 aromatic rings. The van der Waals surface area contributed by atoms with Crippen LogP contribution in [0.25, 0.3) is 0 Å². The standard InChI is InChI=1S/C9H11ClOS/c1-12-9-4-2-3-8(7-9)11-6-5-10/h2-4,7H,5-6H2,1H3. The molecule has 1 nitrogen and oxygen atoms in total. The Kier molecular flexibility index (Phi) is 4.33. The number of ether oxygens (including phenoxy) is 1. The molecule has 0 unspecified atom stereocenters. The number of thioether (sulfide) groups is 1. The molecule has 0 fully saturated rings. The molecule has 0 radical (unpaired) electrons. The molecule has 0 spiro atoms. The van der Waals surface area contributed by atoms with E-state index in [1.165, 1.54) is 4.90 Å². The van der Waals surface area contributed by atoms with E-state index in [9.17, 15) is 0 Å². The van der Waals surface area contributed by atoms with Crippen molar-refractivity contribution in [3.05, 3.63) is 24.3 Å². The van der Waals surface area contributed by atoms with E-state index in [1.54, 1.807) is 11.8 Å². The molecule has 12 heavy (non-hydrogen) atoms. The molecule has 0 aliphatic carbocycles. The fourth-order valence-corrected chi connectivity index (χ4v) is 1.37. The van der Waals surface area contributed by atoms with E-state index in [-0.39, 0.29) is 0 Å². The van der Waals surface area contributed by atoms with Crippen molar-refractivity contribution in [2.45, 2.75) is 4.90 Å². The molecule has 0 saturated carbocycles. The third-order valence-corrected chi connectivity index (χ3v) is 2.27. The van der Waals surface area contributed by atoms with Crippen molar-refractivity contribution in [2.75, 3.05) is 18.7 Å². The molecule has 0 atom stereocenters. The predicted octanol–water partition coefficient (Wildman–Crippen LogP) is 3.03. The zero-order valence-electron chi connectivity index (χ0n) is 6.92. The average molecular weight is 203 g/mol. The van der Waals surface area contributed by atoms with Crippen LogP contribution in [0.2, 0.25) is 0 Å². The van der Waals surface area contributed by atoms with Gasteiger partial charge in [-0.25, -0.2) is 0 Å². The Morgan fingerprint density at radius 1 is 1.50 bits per heavy atom. The first kappa shape index (κ1) is 9.75. The van der Waals surface area contributed by atoms with Gasteiger partial charge in [-0.15, -0.1) is 23.4 Å². The summed E-state index contributed by atoms with van der Waals surface area (Å²) in [6.07, 6.45) is 2.04. The van der Waals surface area contributed by atoms with E-state index < -0.39 is 0 Å². The monoisotopic (exact) mass is 202 g/mol. The van der Waals surface area contributed by atoms with Gasteiger partial charge in [0.1, 0.15) is 12.4 Å². The number of rotatable bonds is 4. The lowest BCUT2D eigenvalue weighted by Gasteiger charge is -2.04. The van der Waals surface area contributed by atoms with Crippen LogP contribution in [0.5, 0.6) is 5.75 Å². The molecule has 0 heterocycles. The van der Waals surface area contributed by atoms with Crippen molar-refractivity contribution in [3.8, 4) is 5.75 Å². The van der Waals surface area contributed by atoms with Crippen LogP contribution in [0.15, 0.2) is 29.2 Å². The van der Waals surface area contributed by atoms with Crippen molar-refractivity contribution >= 4 is 23.4 Å². The van der Waals surface area contributed by atoms with Crippen LogP contribution in [0, 0.1) is 0 Å². The Balaban J connectivity index is 2.60. The number of hydrogen-bond donors (Lipinski definition) is 0. The Hall–Kier alpha value is -0.340. The summed E-state index contributed by atoms with van der Waals surface area (Å²) >= 11 is 7.20. The van der Waals surface area contributed by atoms with Gasteiger partial charge in [0.05, 0.1) is 5.88 Å². The van der Waals surface area contributed by atoms with Crippen LogP contribution in [0.4, 0.5) is 0 Å². The third kappa shape index (κ3) is 2.95. The number of halogens is 1. The molecule has 0 N–H and O–H groups in total. The first-order chi connectivity index (χ1) is 5.86. The second-order valence-electron chi connectivity index (χ2n) is 2.22. The fourth-order valence-electron chi connectivity index (χ4n) is 0.847. The van der Waals surface area contributed by atoms with Crippen LogP contribution >= 0.6 is 23.4 Å². The molecule has 0 aliphatic rings. The SMILES string of the molecule is CSc1cccc(OCCCl)c1. The Morgan fingerprint density at radius 2 is 2.33 bits per heavy atom. The molecular formula is C9H11ClOS. The van der Waals surface area contributed by atoms with Gasteiger partial charge >= 0.3 is 0 Å². The molecule has 0 aromatic heterocycles. The van der Waals surface area contributed by atoms with E-state index in [0.29, 0.717) is 12.5 Å². The van der Waals surface area contributed by atoms with E-state index in [0.717, 1.165) is 5.75 Å². The van der Waals surface area contributed by atoms with Crippen molar-refractivity contribution in [1.82, 2.24) is 0 Å². The van der Waals surface area contributed by atoms with Crippen LogP contribution in [0.1, 0.15) is 0 Å². The largest absolute Gasteiger partial charge is 0.492 e. The van der Waals surface area contributed by atoms with Crippen LogP contribution < -0.4 is 4.74 Å². The summed E-state index contributed by atoms with van der Waals surface area (Å²) in [5.74, 6) is 1.42. The van der Waals surface area contributed by atoms with Gasteiger partial charge in [0, 0.05) is 4.90 Å². The van der Waals surface area contributed by atoms with Crippen LogP contribution in [0.3, 0.4) is 0 Å². The predicted molar refractivity (Wildman–Crippen MR) is 54.4 cm³/mol. The van der Waals surface area contributed by atoms with Gasteiger partial charge in [-0.1, -0.05) is 6.07 Å². The molecule has 0 aliphatic heterocycles. The maximum atomic E-state index is 5.49. The zero-order valence-corrected chi connectivity index (χ0v) is 8.49. The molecule has 66 valence electrons. The number of hydrogen-bond acceptors (Lipinski definition) is 2. The Labute approximate surface area is 82.1 Å². The topological polar surface area (TPSA) is 9.23 Å². The van der Waals surface area contributed by atoms with Gasteiger partial charge in [0.2, 0.25) is 0 Å². The van der Waals surface area contributed by atoms with Crippen LogP contribution in [-0.2, 0) is 0 Å². The summed E-state index contributed by atoms with van der Waals surface area (Å²) in [7, 11) is 0. The molecule has 0 saturated heterocycles. The Morgan fingerprint density at radius 3 is 3.00 bits per heavy atom. The van der Waals surface area contributed by atoms with E-state index >= 15 is 0 Å². The van der Waals surface area contributed by atoms with Crippen molar-refractivity contribution in [3.63, 3.8) is 0 Å². The molecule has 3 heteroatoms. The fraction of sp³-hybridized carbons (Fsp3) is 0.333. The Bertz CT molecular complexity index is 240. The molecule has 1 rings (SSSR count). The van der Waals surface area contributed by atoms with Gasteiger partial charge in [-0.05, 0) is 24.5 Å².